The van der Waals surface area contributed by atoms with E-state index in [1.54, 1.807) is 0 Å². The molecule has 1 heterocycles. The summed E-state index contributed by atoms with van der Waals surface area (Å²) < 4.78 is 5.76. The molecule has 0 aliphatic carbocycles. The van der Waals surface area contributed by atoms with Gasteiger partial charge in [-0.2, -0.15) is 0 Å². The number of ether oxygens (including phenoxy) is 1. The summed E-state index contributed by atoms with van der Waals surface area (Å²) in [5, 5.41) is 0. The maximum Gasteiger partial charge on any atom is 0.0718 e. The molecule has 0 saturated carbocycles. The molecule has 0 spiro atoms. The first-order valence-electron chi connectivity index (χ1n) is 4.52. The predicted octanol–water partition coefficient (Wildman–Crippen LogP) is 2.91. The molecule has 0 aromatic carbocycles. The SMILES string of the molecule is CCC1(CC)CC(C)=CCO1. The molecule has 1 aliphatic heterocycles. The minimum atomic E-state index is 0.166. The molecule has 1 nitrogen and oxygen atoms in total. The van der Waals surface area contributed by atoms with Gasteiger partial charge in [0.25, 0.3) is 0 Å². The number of hydrogen-bond donors (Lipinski definition) is 0. The zero-order chi connectivity index (χ0) is 8.32. The van der Waals surface area contributed by atoms with Crippen molar-refractivity contribution in [2.45, 2.75) is 45.6 Å². The van der Waals surface area contributed by atoms with Crippen LogP contribution in [0, 0.1) is 0 Å². The molecule has 0 aromatic rings. The van der Waals surface area contributed by atoms with Gasteiger partial charge in [0.05, 0.1) is 12.2 Å². The lowest BCUT2D eigenvalue weighted by atomic mass is 9.88. The summed E-state index contributed by atoms with van der Waals surface area (Å²) in [7, 11) is 0. The van der Waals surface area contributed by atoms with Crippen molar-refractivity contribution in [1.29, 1.82) is 0 Å². The summed E-state index contributed by atoms with van der Waals surface area (Å²) in [6.07, 6.45) is 5.58. The monoisotopic (exact) mass is 154 g/mol. The van der Waals surface area contributed by atoms with E-state index >= 15 is 0 Å². The van der Waals surface area contributed by atoms with Crippen molar-refractivity contribution in [1.82, 2.24) is 0 Å². The van der Waals surface area contributed by atoms with Gasteiger partial charge in [-0.3, -0.25) is 0 Å². The van der Waals surface area contributed by atoms with Gasteiger partial charge in [-0.1, -0.05) is 25.5 Å². The molecular formula is C10H18O. The van der Waals surface area contributed by atoms with Crippen LogP contribution in [0.2, 0.25) is 0 Å². The van der Waals surface area contributed by atoms with E-state index in [4.69, 9.17) is 4.74 Å². The fraction of sp³-hybridized carbons (Fsp3) is 0.800. The van der Waals surface area contributed by atoms with Crippen LogP contribution >= 0.6 is 0 Å². The summed E-state index contributed by atoms with van der Waals surface area (Å²) in [6, 6.07) is 0. The van der Waals surface area contributed by atoms with Crippen LogP contribution < -0.4 is 0 Å². The van der Waals surface area contributed by atoms with Gasteiger partial charge in [0.2, 0.25) is 0 Å². The maximum atomic E-state index is 5.76. The Kier molecular flexibility index (Phi) is 2.72. The Labute approximate surface area is 69.4 Å². The van der Waals surface area contributed by atoms with Crippen LogP contribution in [-0.2, 0) is 4.74 Å². The Balaban J connectivity index is 2.65. The molecule has 64 valence electrons. The van der Waals surface area contributed by atoms with Gasteiger partial charge in [0.1, 0.15) is 0 Å². The molecule has 0 saturated heterocycles. The molecule has 1 rings (SSSR count). The first-order valence-corrected chi connectivity index (χ1v) is 4.52. The molecule has 0 N–H and O–H groups in total. The zero-order valence-electron chi connectivity index (χ0n) is 7.81. The van der Waals surface area contributed by atoms with E-state index in [1.165, 1.54) is 5.57 Å². The van der Waals surface area contributed by atoms with E-state index in [0.717, 1.165) is 25.9 Å². The minimum absolute atomic E-state index is 0.166. The van der Waals surface area contributed by atoms with Gasteiger partial charge < -0.3 is 4.74 Å². The van der Waals surface area contributed by atoms with E-state index < -0.39 is 0 Å². The van der Waals surface area contributed by atoms with Crippen molar-refractivity contribution in [2.24, 2.45) is 0 Å². The lowest BCUT2D eigenvalue weighted by Gasteiger charge is -2.35. The number of hydrogen-bond acceptors (Lipinski definition) is 1. The standard InChI is InChI=1S/C10H18O/c1-4-10(5-2)8-9(3)6-7-11-10/h6H,4-5,7-8H2,1-3H3. The summed E-state index contributed by atoms with van der Waals surface area (Å²) in [5.74, 6) is 0. The van der Waals surface area contributed by atoms with Crippen molar-refractivity contribution in [3.63, 3.8) is 0 Å². The second-order valence-electron chi connectivity index (χ2n) is 3.43. The third kappa shape index (κ3) is 1.84. The van der Waals surface area contributed by atoms with Gasteiger partial charge in [-0.15, -0.1) is 0 Å². The highest BCUT2D eigenvalue weighted by Crippen LogP contribution is 2.31. The Bertz CT molecular complexity index is 154. The van der Waals surface area contributed by atoms with Crippen LogP contribution in [0.15, 0.2) is 11.6 Å². The largest absolute Gasteiger partial charge is 0.371 e. The van der Waals surface area contributed by atoms with Crippen molar-refractivity contribution < 1.29 is 4.74 Å². The first-order chi connectivity index (χ1) is 5.22. The highest BCUT2D eigenvalue weighted by atomic mass is 16.5. The van der Waals surface area contributed by atoms with E-state index in [1.807, 2.05) is 0 Å². The topological polar surface area (TPSA) is 9.23 Å². The Hall–Kier alpha value is -0.300. The van der Waals surface area contributed by atoms with Crippen molar-refractivity contribution >= 4 is 0 Å². The zero-order valence-corrected chi connectivity index (χ0v) is 7.81. The predicted molar refractivity (Wildman–Crippen MR) is 47.6 cm³/mol. The van der Waals surface area contributed by atoms with Crippen molar-refractivity contribution in [3.05, 3.63) is 11.6 Å². The molecule has 0 bridgehead atoms. The van der Waals surface area contributed by atoms with E-state index in [-0.39, 0.29) is 5.60 Å². The second kappa shape index (κ2) is 3.40. The maximum absolute atomic E-state index is 5.76. The van der Waals surface area contributed by atoms with Crippen LogP contribution in [0.4, 0.5) is 0 Å². The summed E-state index contributed by atoms with van der Waals surface area (Å²) in [6.45, 7) is 7.43. The van der Waals surface area contributed by atoms with Gasteiger partial charge in [-0.25, -0.2) is 0 Å². The third-order valence-corrected chi connectivity index (χ3v) is 2.71. The van der Waals surface area contributed by atoms with Crippen molar-refractivity contribution in [3.8, 4) is 0 Å². The third-order valence-electron chi connectivity index (χ3n) is 2.71. The molecule has 0 radical (unpaired) electrons. The molecule has 1 heteroatoms. The van der Waals surface area contributed by atoms with Crippen LogP contribution in [-0.4, -0.2) is 12.2 Å². The second-order valence-corrected chi connectivity index (χ2v) is 3.43. The molecule has 1 aliphatic rings. The molecular weight excluding hydrogens is 136 g/mol. The average Bonchev–Trinajstić information content (AvgIpc) is 2.04. The van der Waals surface area contributed by atoms with E-state index in [2.05, 4.69) is 26.8 Å². The Morgan fingerprint density at radius 3 is 2.45 bits per heavy atom. The quantitative estimate of drug-likeness (QED) is 0.556. The minimum Gasteiger partial charge on any atom is -0.371 e. The average molecular weight is 154 g/mol. The van der Waals surface area contributed by atoms with Gasteiger partial charge >= 0.3 is 0 Å². The lowest BCUT2D eigenvalue weighted by molar-refractivity contribution is -0.0451. The van der Waals surface area contributed by atoms with Crippen LogP contribution in [0.5, 0.6) is 0 Å². The summed E-state index contributed by atoms with van der Waals surface area (Å²) >= 11 is 0. The highest BCUT2D eigenvalue weighted by Gasteiger charge is 2.28. The highest BCUT2D eigenvalue weighted by molar-refractivity contribution is 5.07. The first kappa shape index (κ1) is 8.79. The molecule has 0 atom stereocenters. The normalized spacial score (nSPS) is 23.0. The van der Waals surface area contributed by atoms with Crippen LogP contribution in [0.3, 0.4) is 0 Å². The summed E-state index contributed by atoms with van der Waals surface area (Å²) in [4.78, 5) is 0. The molecule has 0 unspecified atom stereocenters. The Morgan fingerprint density at radius 2 is 2.09 bits per heavy atom. The smallest absolute Gasteiger partial charge is 0.0718 e. The molecule has 0 fully saturated rings. The fourth-order valence-electron chi connectivity index (χ4n) is 1.70. The van der Waals surface area contributed by atoms with Gasteiger partial charge in [0, 0.05) is 0 Å². The summed E-state index contributed by atoms with van der Waals surface area (Å²) in [5.41, 5.74) is 1.65. The van der Waals surface area contributed by atoms with E-state index in [0.29, 0.717) is 0 Å². The van der Waals surface area contributed by atoms with E-state index in [9.17, 15) is 0 Å². The molecule has 0 aromatic heterocycles. The number of rotatable bonds is 2. The van der Waals surface area contributed by atoms with Crippen molar-refractivity contribution in [2.75, 3.05) is 6.61 Å². The molecule has 11 heavy (non-hydrogen) atoms. The van der Waals surface area contributed by atoms with Crippen LogP contribution in [0.1, 0.15) is 40.0 Å². The lowest BCUT2D eigenvalue weighted by Crippen LogP contribution is -2.34. The van der Waals surface area contributed by atoms with Gasteiger partial charge in [-0.05, 0) is 26.2 Å². The van der Waals surface area contributed by atoms with Crippen LogP contribution in [0.25, 0.3) is 0 Å². The molecule has 0 amide bonds. The Morgan fingerprint density at radius 1 is 1.45 bits per heavy atom. The fourth-order valence-corrected chi connectivity index (χ4v) is 1.70. The van der Waals surface area contributed by atoms with Gasteiger partial charge in [0.15, 0.2) is 0 Å².